The second kappa shape index (κ2) is 6.42. The van der Waals surface area contributed by atoms with Crippen LogP contribution in [0, 0.1) is 0 Å². The van der Waals surface area contributed by atoms with Crippen molar-refractivity contribution in [2.45, 2.75) is 43.9 Å². The van der Waals surface area contributed by atoms with E-state index in [1.807, 2.05) is 13.2 Å². The molecule has 5 heterocycles. The van der Waals surface area contributed by atoms with Crippen molar-refractivity contribution in [1.82, 2.24) is 19.4 Å². The number of rotatable bonds is 2. The van der Waals surface area contributed by atoms with Gasteiger partial charge in [0.2, 0.25) is 0 Å². The van der Waals surface area contributed by atoms with Gasteiger partial charge >= 0.3 is 0 Å². The Labute approximate surface area is 207 Å². The van der Waals surface area contributed by atoms with Crippen LogP contribution in [0.5, 0.6) is 5.88 Å². The van der Waals surface area contributed by atoms with E-state index < -0.39 is 11.4 Å². The Morgan fingerprint density at radius 1 is 0.944 bits per heavy atom. The molecule has 36 heavy (non-hydrogen) atoms. The lowest BCUT2D eigenvalue weighted by molar-refractivity contribution is -0.299. The van der Waals surface area contributed by atoms with Gasteiger partial charge in [0.25, 0.3) is 0 Å². The van der Waals surface area contributed by atoms with Gasteiger partial charge in [-0.05, 0) is 33.0 Å². The molecule has 4 atom stereocenters. The average Bonchev–Trinajstić information content (AvgIpc) is 3.51. The van der Waals surface area contributed by atoms with Crippen molar-refractivity contribution >= 4 is 54.4 Å². The van der Waals surface area contributed by atoms with Gasteiger partial charge in [0.05, 0.1) is 27.5 Å². The van der Waals surface area contributed by atoms with Gasteiger partial charge in [-0.15, -0.1) is 0 Å². The Morgan fingerprint density at radius 2 is 1.58 bits per heavy atom. The summed E-state index contributed by atoms with van der Waals surface area (Å²) in [6, 6.07) is 17.0. The molecule has 2 aliphatic rings. The Bertz CT molecular complexity index is 1900. The van der Waals surface area contributed by atoms with Gasteiger partial charge in [-0.2, -0.15) is 0 Å². The number of para-hydroxylation sites is 2. The van der Waals surface area contributed by atoms with E-state index in [-0.39, 0.29) is 18.0 Å². The maximum Gasteiger partial charge on any atom is 0.197 e. The molecule has 0 spiro atoms. The Hall–Kier alpha value is -3.52. The van der Waals surface area contributed by atoms with E-state index in [4.69, 9.17) is 9.47 Å². The number of aromatic nitrogens is 3. The number of likely N-dealkylation sites (N-methyl/N-ethyl adjacent to an activating group) is 1. The number of fused-ring (bicyclic) bond motifs is 13. The van der Waals surface area contributed by atoms with Crippen LogP contribution < -0.4 is 5.32 Å². The van der Waals surface area contributed by atoms with Crippen LogP contribution in [-0.2, 0) is 20.9 Å². The van der Waals surface area contributed by atoms with Crippen molar-refractivity contribution in [3.63, 3.8) is 0 Å². The van der Waals surface area contributed by atoms with Gasteiger partial charge in [-0.3, -0.25) is 0 Å². The van der Waals surface area contributed by atoms with Gasteiger partial charge in [-0.1, -0.05) is 36.4 Å². The van der Waals surface area contributed by atoms with Crippen LogP contribution in [0.25, 0.3) is 54.4 Å². The van der Waals surface area contributed by atoms with E-state index in [1.165, 1.54) is 0 Å². The second-order valence-corrected chi connectivity index (χ2v) is 10.7. The minimum atomic E-state index is -0.796. The zero-order chi connectivity index (χ0) is 24.6. The van der Waals surface area contributed by atoms with Gasteiger partial charge in [0, 0.05) is 52.7 Å². The fraction of sp³-hybridized carbons (Fsp3) is 0.310. The quantitative estimate of drug-likeness (QED) is 0.307. The highest BCUT2D eigenvalue weighted by Crippen LogP contribution is 2.56. The number of nitrogens with one attached hydrogen (secondary N) is 2. The molecule has 8 rings (SSSR count). The van der Waals surface area contributed by atoms with Crippen molar-refractivity contribution in [2.24, 2.45) is 0 Å². The number of aromatic hydroxyl groups is 1. The lowest BCUT2D eigenvalue weighted by Gasteiger charge is -2.52. The molecule has 3 N–H and O–H groups in total. The predicted molar refractivity (Wildman–Crippen MR) is 143 cm³/mol. The third kappa shape index (κ3) is 2.09. The number of methoxy groups -OCH3 is 1. The van der Waals surface area contributed by atoms with Crippen molar-refractivity contribution < 1.29 is 14.6 Å². The molecule has 0 amide bonds. The van der Waals surface area contributed by atoms with Crippen molar-refractivity contribution in [2.75, 3.05) is 14.2 Å². The van der Waals surface area contributed by atoms with E-state index in [0.717, 1.165) is 60.8 Å². The lowest BCUT2D eigenvalue weighted by atomic mass is 9.88. The molecule has 2 aliphatic heterocycles. The molecule has 1 saturated heterocycles. The molecule has 0 aliphatic carbocycles. The summed E-state index contributed by atoms with van der Waals surface area (Å²) in [6.07, 6.45) is 2.44. The first-order valence-corrected chi connectivity index (χ1v) is 12.5. The summed E-state index contributed by atoms with van der Waals surface area (Å²) in [6.45, 7) is 4.35. The van der Waals surface area contributed by atoms with E-state index in [2.05, 4.69) is 81.8 Å². The van der Waals surface area contributed by atoms with E-state index >= 15 is 0 Å². The first-order chi connectivity index (χ1) is 17.4. The number of hydrogen-bond donors (Lipinski definition) is 3. The van der Waals surface area contributed by atoms with Crippen LogP contribution in [0.4, 0.5) is 0 Å². The summed E-state index contributed by atoms with van der Waals surface area (Å²) in [5, 5.41) is 20.9. The molecule has 0 saturated carbocycles. The van der Waals surface area contributed by atoms with Gasteiger partial charge in [0.1, 0.15) is 11.8 Å². The fourth-order valence-electron chi connectivity index (χ4n) is 7.65. The molecule has 3 aromatic carbocycles. The summed E-state index contributed by atoms with van der Waals surface area (Å²) in [5.41, 5.74) is 2.92. The van der Waals surface area contributed by atoms with E-state index in [0.29, 0.717) is 0 Å². The van der Waals surface area contributed by atoms with Crippen LogP contribution in [-0.4, -0.2) is 45.5 Å². The third-order valence-electron chi connectivity index (χ3n) is 8.81. The van der Waals surface area contributed by atoms with Crippen LogP contribution >= 0.6 is 0 Å². The summed E-state index contributed by atoms with van der Waals surface area (Å²) in [7, 11) is 3.78. The fourth-order valence-corrected chi connectivity index (χ4v) is 7.65. The maximum absolute atomic E-state index is 11.1. The molecule has 7 nitrogen and oxygen atoms in total. The van der Waals surface area contributed by atoms with Crippen molar-refractivity contribution in [3.8, 4) is 5.88 Å². The number of ether oxygens (including phenoxy) is 2. The lowest BCUT2D eigenvalue weighted by Crippen LogP contribution is -2.64. The molecule has 0 unspecified atom stereocenters. The Kier molecular flexibility index (Phi) is 3.68. The molecule has 7 heteroatoms. The number of H-pyrrole nitrogens is 1. The summed E-state index contributed by atoms with van der Waals surface area (Å²) in [5.74, 6) is 0.194. The van der Waals surface area contributed by atoms with Gasteiger partial charge < -0.3 is 34.0 Å². The summed E-state index contributed by atoms with van der Waals surface area (Å²) < 4.78 is 18.2. The second-order valence-electron chi connectivity index (χ2n) is 10.7. The minimum absolute atomic E-state index is 0.0560. The normalized spacial score (nSPS) is 27.8. The zero-order valence-corrected chi connectivity index (χ0v) is 20.7. The van der Waals surface area contributed by atoms with E-state index in [1.54, 1.807) is 7.11 Å². The molecule has 6 aromatic rings. The van der Waals surface area contributed by atoms with Crippen LogP contribution in [0.3, 0.4) is 0 Å². The first kappa shape index (κ1) is 20.7. The molecule has 1 fully saturated rings. The Balaban J connectivity index is 1.77. The number of benzene rings is 3. The number of hydrogen-bond acceptors (Lipinski definition) is 4. The maximum atomic E-state index is 11.1. The predicted octanol–water partition coefficient (Wildman–Crippen LogP) is 5.47. The zero-order valence-electron chi connectivity index (χ0n) is 20.7. The van der Waals surface area contributed by atoms with Gasteiger partial charge in [0.15, 0.2) is 11.6 Å². The van der Waals surface area contributed by atoms with E-state index in [9.17, 15) is 5.11 Å². The van der Waals surface area contributed by atoms with Crippen LogP contribution in [0.1, 0.15) is 20.3 Å². The third-order valence-corrected chi connectivity index (χ3v) is 8.81. The average molecular weight is 481 g/mol. The highest BCUT2D eigenvalue weighted by Gasteiger charge is 2.57. The molecule has 182 valence electrons. The molecular formula is C29H28N4O3. The standard InChI is InChI=1S/C29H28N4O3/c1-28-13-18(30-3)26(35-4)29(2,36-28)33-20-12-8-5-9-15(20)21-17-14-31-27(34)23(17)22-16-10-6-7-11-19(16)32(28)25(22)24(21)33/h5-12,14,18,26,30-31,34H,13H2,1-4H3/t18-,26-,28-,29+/m0/s1. The number of nitrogens with zero attached hydrogens (tertiary/aromatic N) is 2. The number of aromatic amines is 1. The highest BCUT2D eigenvalue weighted by atomic mass is 16.6. The van der Waals surface area contributed by atoms with Crippen molar-refractivity contribution in [3.05, 3.63) is 54.7 Å². The smallest absolute Gasteiger partial charge is 0.197 e. The largest absolute Gasteiger partial charge is 0.494 e. The van der Waals surface area contributed by atoms with Crippen LogP contribution in [0.2, 0.25) is 0 Å². The molecular weight excluding hydrogens is 452 g/mol. The summed E-state index contributed by atoms with van der Waals surface area (Å²) in [4.78, 5) is 3.12. The Morgan fingerprint density at radius 3 is 2.28 bits per heavy atom. The first-order valence-electron chi connectivity index (χ1n) is 12.5. The summed E-state index contributed by atoms with van der Waals surface area (Å²) >= 11 is 0. The molecule has 0 radical (unpaired) electrons. The van der Waals surface area contributed by atoms with Gasteiger partial charge in [-0.25, -0.2) is 0 Å². The highest BCUT2D eigenvalue weighted by molar-refractivity contribution is 6.37. The topological polar surface area (TPSA) is 76.4 Å². The van der Waals surface area contributed by atoms with Crippen LogP contribution in [0.15, 0.2) is 54.7 Å². The molecule has 2 bridgehead atoms. The molecule has 3 aromatic heterocycles. The van der Waals surface area contributed by atoms with Crippen molar-refractivity contribution in [1.29, 1.82) is 0 Å². The minimum Gasteiger partial charge on any atom is -0.494 e. The monoisotopic (exact) mass is 480 g/mol. The SMILES string of the molecule is CN[C@H]1C[C@]2(C)O[C@](C)([C@H]1OC)n1c3ccccc3c3c4c[nH]c(O)c4c4c5ccccc5n2c4c31.